The maximum Gasteiger partial charge on any atom is 0.161 e. The third kappa shape index (κ3) is 4.92. The van der Waals surface area contributed by atoms with Gasteiger partial charge < -0.3 is 14.8 Å². The van der Waals surface area contributed by atoms with Gasteiger partial charge in [0.2, 0.25) is 0 Å². The van der Waals surface area contributed by atoms with Crippen molar-refractivity contribution in [3.8, 4) is 11.5 Å². The number of hydrogen-bond acceptors (Lipinski definition) is 4. The van der Waals surface area contributed by atoms with Crippen molar-refractivity contribution in [2.75, 3.05) is 12.4 Å². The summed E-state index contributed by atoms with van der Waals surface area (Å²) in [4.78, 5) is 4.70. The topological polar surface area (TPSA) is 42.8 Å². The summed E-state index contributed by atoms with van der Waals surface area (Å²) < 4.78 is 11.5. The summed E-state index contributed by atoms with van der Waals surface area (Å²) >= 11 is 6.25. The molecular formula is C33H29ClN2O2. The van der Waals surface area contributed by atoms with Crippen LogP contribution in [0.25, 0.3) is 0 Å². The number of fused-ring (bicyclic) bond motifs is 3. The molecule has 1 N–H and O–H groups in total. The Morgan fingerprint density at radius 2 is 1.76 bits per heavy atom. The fraction of sp³-hybridized carbons (Fsp3) is 0.182. The van der Waals surface area contributed by atoms with Crippen molar-refractivity contribution in [1.29, 1.82) is 0 Å². The third-order valence-corrected chi connectivity index (χ3v) is 7.78. The molecule has 0 bridgehead atoms. The van der Waals surface area contributed by atoms with Crippen molar-refractivity contribution >= 4 is 29.2 Å². The predicted octanol–water partition coefficient (Wildman–Crippen LogP) is 8.50. The first kappa shape index (κ1) is 24.3. The van der Waals surface area contributed by atoms with E-state index in [1.54, 1.807) is 7.11 Å². The maximum atomic E-state index is 6.25. The molecule has 6 rings (SSSR count). The summed E-state index contributed by atoms with van der Waals surface area (Å²) in [5.74, 6) is 2.32. The molecule has 38 heavy (non-hydrogen) atoms. The number of benzene rings is 4. The van der Waals surface area contributed by atoms with E-state index in [9.17, 15) is 0 Å². The zero-order valence-corrected chi connectivity index (χ0v) is 21.9. The Morgan fingerprint density at radius 3 is 2.61 bits per heavy atom. The Balaban J connectivity index is 1.15. The molecular weight excluding hydrogens is 492 g/mol. The van der Waals surface area contributed by atoms with Crippen LogP contribution in [0.1, 0.15) is 40.6 Å². The van der Waals surface area contributed by atoms with E-state index >= 15 is 0 Å². The van der Waals surface area contributed by atoms with Crippen LogP contribution >= 0.6 is 11.6 Å². The zero-order valence-electron chi connectivity index (χ0n) is 21.2. The van der Waals surface area contributed by atoms with Gasteiger partial charge in [-0.25, -0.2) is 0 Å². The number of ether oxygens (including phenoxy) is 2. The monoisotopic (exact) mass is 520 g/mol. The van der Waals surface area contributed by atoms with Crippen LogP contribution in [0, 0.1) is 5.92 Å². The second kappa shape index (κ2) is 10.8. The number of methoxy groups -OCH3 is 1. The molecule has 0 saturated heterocycles. The summed E-state index contributed by atoms with van der Waals surface area (Å²) in [7, 11) is 1.64. The summed E-state index contributed by atoms with van der Waals surface area (Å²) in [6.07, 6.45) is 7.64. The molecule has 0 aromatic heterocycles. The van der Waals surface area contributed by atoms with Gasteiger partial charge in [-0.1, -0.05) is 72.3 Å². The van der Waals surface area contributed by atoms with E-state index in [4.69, 9.17) is 26.1 Å². The fourth-order valence-corrected chi connectivity index (χ4v) is 5.64. The lowest BCUT2D eigenvalue weighted by atomic mass is 9.77. The second-order valence-electron chi connectivity index (χ2n) is 9.70. The summed E-state index contributed by atoms with van der Waals surface area (Å²) in [6.45, 7) is 0.370. The Kier molecular flexibility index (Phi) is 6.89. The van der Waals surface area contributed by atoms with E-state index in [-0.39, 0.29) is 6.04 Å². The molecule has 4 nitrogen and oxygen atoms in total. The lowest BCUT2D eigenvalue weighted by Crippen LogP contribution is -2.28. The number of anilines is 1. The van der Waals surface area contributed by atoms with E-state index in [0.717, 1.165) is 23.2 Å². The van der Waals surface area contributed by atoms with Crippen LogP contribution in [0.2, 0.25) is 5.02 Å². The second-order valence-corrected chi connectivity index (χ2v) is 10.1. The van der Waals surface area contributed by atoms with Gasteiger partial charge in [0.15, 0.2) is 11.5 Å². The summed E-state index contributed by atoms with van der Waals surface area (Å²) in [5.41, 5.74) is 6.70. The molecule has 190 valence electrons. The minimum Gasteiger partial charge on any atom is -0.493 e. The van der Waals surface area contributed by atoms with Crippen molar-refractivity contribution in [2.45, 2.75) is 25.0 Å². The largest absolute Gasteiger partial charge is 0.493 e. The Hall–Kier alpha value is -4.02. The average molecular weight is 521 g/mol. The quantitative estimate of drug-likeness (QED) is 0.196. The van der Waals surface area contributed by atoms with Crippen molar-refractivity contribution in [3.63, 3.8) is 0 Å². The van der Waals surface area contributed by atoms with E-state index in [0.29, 0.717) is 35.0 Å². The first-order valence-corrected chi connectivity index (χ1v) is 13.3. The van der Waals surface area contributed by atoms with E-state index < -0.39 is 0 Å². The van der Waals surface area contributed by atoms with Crippen molar-refractivity contribution in [1.82, 2.24) is 0 Å². The molecule has 5 heteroatoms. The standard InChI is InChI=1S/C33H29ClN2O2/c1-37-32-19-22(13-18-31(32)38-21-24-7-2-4-11-29(24)34)20-35-25-16-14-23(15-17-25)33-28-10-6-9-26(28)27-8-3-5-12-30(27)36-33/h2-9,11-20,26,28,33,36H,10,21H2,1H3/t26-,28+,33-/m0/s1. The van der Waals surface area contributed by atoms with E-state index in [1.165, 1.54) is 16.8 Å². The van der Waals surface area contributed by atoms with Crippen LogP contribution in [0.15, 0.2) is 108 Å². The molecule has 1 aliphatic heterocycles. The van der Waals surface area contributed by atoms with Gasteiger partial charge in [0.1, 0.15) is 6.61 Å². The molecule has 2 aliphatic rings. The van der Waals surface area contributed by atoms with Crippen LogP contribution < -0.4 is 14.8 Å². The van der Waals surface area contributed by atoms with Gasteiger partial charge >= 0.3 is 0 Å². The van der Waals surface area contributed by atoms with Gasteiger partial charge in [-0.3, -0.25) is 4.99 Å². The lowest BCUT2D eigenvalue weighted by Gasteiger charge is -2.37. The molecule has 1 aliphatic carbocycles. The van der Waals surface area contributed by atoms with Gasteiger partial charge in [0, 0.05) is 28.4 Å². The minimum absolute atomic E-state index is 0.283. The van der Waals surface area contributed by atoms with E-state index in [2.05, 4.69) is 66.0 Å². The molecule has 3 atom stereocenters. The molecule has 0 unspecified atom stereocenters. The molecule has 1 heterocycles. The number of hydrogen-bond donors (Lipinski definition) is 1. The number of allylic oxidation sites excluding steroid dienone is 2. The molecule has 0 radical (unpaired) electrons. The van der Waals surface area contributed by atoms with Gasteiger partial charge in [0.05, 0.1) is 18.8 Å². The molecule has 0 fully saturated rings. The summed E-state index contributed by atoms with van der Waals surface area (Å²) in [6, 6.07) is 31.0. The highest BCUT2D eigenvalue weighted by Crippen LogP contribution is 2.49. The Bertz CT molecular complexity index is 1500. The van der Waals surface area contributed by atoms with E-state index in [1.807, 2.05) is 48.7 Å². The number of nitrogens with one attached hydrogen (secondary N) is 1. The van der Waals surface area contributed by atoms with Crippen LogP contribution in [0.4, 0.5) is 11.4 Å². The number of aliphatic imine (C=N–C) groups is 1. The van der Waals surface area contributed by atoms with Gasteiger partial charge in [-0.2, -0.15) is 0 Å². The molecule has 0 spiro atoms. The molecule has 4 aromatic carbocycles. The van der Waals surface area contributed by atoms with Gasteiger partial charge in [-0.05, 0) is 71.5 Å². The average Bonchev–Trinajstić information content (AvgIpc) is 3.46. The van der Waals surface area contributed by atoms with Crippen molar-refractivity contribution < 1.29 is 9.47 Å². The van der Waals surface area contributed by atoms with Crippen LogP contribution in [-0.2, 0) is 6.61 Å². The number of nitrogens with zero attached hydrogens (tertiary/aromatic N) is 1. The lowest BCUT2D eigenvalue weighted by molar-refractivity contribution is 0.284. The number of halogens is 1. The summed E-state index contributed by atoms with van der Waals surface area (Å²) in [5, 5.41) is 4.48. The van der Waals surface area contributed by atoms with Crippen LogP contribution in [-0.4, -0.2) is 13.3 Å². The maximum absolute atomic E-state index is 6.25. The zero-order chi connectivity index (χ0) is 25.9. The molecule has 4 aromatic rings. The van der Waals surface area contributed by atoms with Crippen molar-refractivity contribution in [2.24, 2.45) is 10.9 Å². The normalized spacial score (nSPS) is 19.6. The first-order chi connectivity index (χ1) is 18.7. The Morgan fingerprint density at radius 1 is 0.947 bits per heavy atom. The molecule has 0 saturated carbocycles. The minimum atomic E-state index is 0.283. The Labute approximate surface area is 228 Å². The fourth-order valence-electron chi connectivity index (χ4n) is 5.45. The highest BCUT2D eigenvalue weighted by atomic mass is 35.5. The smallest absolute Gasteiger partial charge is 0.161 e. The number of para-hydroxylation sites is 1. The van der Waals surface area contributed by atoms with Crippen LogP contribution in [0.5, 0.6) is 11.5 Å². The molecule has 0 amide bonds. The number of rotatable bonds is 7. The third-order valence-electron chi connectivity index (χ3n) is 7.42. The van der Waals surface area contributed by atoms with Gasteiger partial charge in [0.25, 0.3) is 0 Å². The highest BCUT2D eigenvalue weighted by molar-refractivity contribution is 6.31. The predicted molar refractivity (Wildman–Crippen MR) is 155 cm³/mol. The SMILES string of the molecule is COc1cc(C=Nc2ccc([C@@H]3Nc4ccccc4[C@@H]4C=CC[C@H]43)cc2)ccc1OCc1ccccc1Cl. The van der Waals surface area contributed by atoms with Crippen molar-refractivity contribution in [3.05, 3.63) is 130 Å². The van der Waals surface area contributed by atoms with Gasteiger partial charge in [-0.15, -0.1) is 0 Å². The van der Waals surface area contributed by atoms with Crippen LogP contribution in [0.3, 0.4) is 0 Å². The first-order valence-electron chi connectivity index (χ1n) is 12.9. The highest BCUT2D eigenvalue weighted by Gasteiger charge is 2.37.